The molecule has 2 aromatic heterocycles. The summed E-state index contributed by atoms with van der Waals surface area (Å²) in [5, 5.41) is 6.05. The number of benzene rings is 1. The maximum absolute atomic E-state index is 14.3. The normalized spacial score (nSPS) is 23.6. The molecule has 2 aliphatic rings. The Hall–Kier alpha value is -2.92. The zero-order chi connectivity index (χ0) is 22.2. The number of nitrogens with two attached hydrogens (primary N) is 1. The third-order valence-corrected chi connectivity index (χ3v) is 6.05. The second-order valence-corrected chi connectivity index (χ2v) is 8.35. The summed E-state index contributed by atoms with van der Waals surface area (Å²) in [5.74, 6) is -2.44. The van der Waals surface area contributed by atoms with Crippen LogP contribution in [0, 0.1) is 17.5 Å². The van der Waals surface area contributed by atoms with Gasteiger partial charge in [0.2, 0.25) is 11.9 Å². The Kier molecular flexibility index (Phi) is 5.60. The smallest absolute Gasteiger partial charge is 0.224 e. The van der Waals surface area contributed by atoms with Gasteiger partial charge in [0.15, 0.2) is 17.3 Å². The molecule has 1 aliphatic carbocycles. The van der Waals surface area contributed by atoms with Crippen LogP contribution < -0.4 is 16.4 Å². The number of hydrogen-bond donors (Lipinski definition) is 3. The predicted octanol–water partition coefficient (Wildman–Crippen LogP) is 3.63. The van der Waals surface area contributed by atoms with Crippen molar-refractivity contribution in [1.29, 1.82) is 0 Å². The number of rotatable bonds is 5. The summed E-state index contributed by atoms with van der Waals surface area (Å²) < 4.78 is 49.1. The monoisotopic (exact) mass is 447 g/mol. The lowest BCUT2D eigenvalue weighted by Gasteiger charge is -2.26. The minimum Gasteiger partial charge on any atom is -0.379 e. The third-order valence-electron chi connectivity index (χ3n) is 6.05. The first-order chi connectivity index (χ1) is 15.5. The molecule has 1 aliphatic heterocycles. The van der Waals surface area contributed by atoms with E-state index in [0.717, 1.165) is 25.7 Å². The Balaban J connectivity index is 1.51. The third kappa shape index (κ3) is 4.09. The van der Waals surface area contributed by atoms with Gasteiger partial charge in [0, 0.05) is 30.8 Å². The Labute approximate surface area is 182 Å². The fourth-order valence-electron chi connectivity index (χ4n) is 4.34. The van der Waals surface area contributed by atoms with Crippen molar-refractivity contribution in [3.8, 4) is 0 Å². The van der Waals surface area contributed by atoms with Crippen LogP contribution in [0.5, 0.6) is 0 Å². The minimum absolute atomic E-state index is 0.121. The maximum atomic E-state index is 14.3. The second-order valence-electron chi connectivity index (χ2n) is 8.35. The van der Waals surface area contributed by atoms with Gasteiger partial charge in [-0.15, -0.1) is 0 Å². The number of nitrogens with one attached hydrogen (secondary N) is 2. The van der Waals surface area contributed by atoms with Gasteiger partial charge in [0.05, 0.1) is 18.8 Å². The Bertz CT molecular complexity index is 1100. The quantitative estimate of drug-likeness (QED) is 0.549. The summed E-state index contributed by atoms with van der Waals surface area (Å²) >= 11 is 0. The van der Waals surface area contributed by atoms with Crippen molar-refractivity contribution < 1.29 is 17.9 Å². The predicted molar refractivity (Wildman–Crippen MR) is 113 cm³/mol. The average Bonchev–Trinajstić information content (AvgIpc) is 3.39. The van der Waals surface area contributed by atoms with Crippen molar-refractivity contribution in [2.45, 2.75) is 50.2 Å². The van der Waals surface area contributed by atoms with Gasteiger partial charge in [0.25, 0.3) is 0 Å². The van der Waals surface area contributed by atoms with E-state index in [2.05, 4.69) is 25.6 Å². The Morgan fingerprint density at radius 1 is 1.03 bits per heavy atom. The largest absolute Gasteiger partial charge is 0.379 e. The van der Waals surface area contributed by atoms with Crippen LogP contribution in [0.15, 0.2) is 18.3 Å². The summed E-state index contributed by atoms with van der Waals surface area (Å²) in [6, 6.07) is 1.59. The van der Waals surface area contributed by atoms with Crippen LogP contribution in [0.4, 0.5) is 30.8 Å². The molecular formula is C21H24F3N7O. The average molecular weight is 447 g/mol. The van der Waals surface area contributed by atoms with E-state index in [1.807, 2.05) is 0 Å². The van der Waals surface area contributed by atoms with Crippen LogP contribution in [0.25, 0.3) is 11.2 Å². The Morgan fingerprint density at radius 3 is 2.47 bits per heavy atom. The minimum atomic E-state index is -1.05. The highest BCUT2D eigenvalue weighted by Crippen LogP contribution is 2.32. The van der Waals surface area contributed by atoms with Gasteiger partial charge >= 0.3 is 0 Å². The molecule has 4 N–H and O–H groups in total. The molecular weight excluding hydrogens is 423 g/mol. The van der Waals surface area contributed by atoms with E-state index in [1.54, 1.807) is 10.8 Å². The van der Waals surface area contributed by atoms with Gasteiger partial charge in [-0.2, -0.15) is 4.98 Å². The van der Waals surface area contributed by atoms with Crippen molar-refractivity contribution in [3.63, 3.8) is 0 Å². The number of imidazole rings is 1. The zero-order valence-corrected chi connectivity index (χ0v) is 17.3. The molecule has 1 saturated heterocycles. The Morgan fingerprint density at radius 2 is 1.78 bits per heavy atom. The van der Waals surface area contributed by atoms with E-state index in [9.17, 15) is 13.2 Å². The molecule has 11 heteroatoms. The lowest BCUT2D eigenvalue weighted by Crippen LogP contribution is -2.33. The van der Waals surface area contributed by atoms with Crippen molar-refractivity contribution in [2.24, 2.45) is 5.73 Å². The number of anilines is 3. The lowest BCUT2D eigenvalue weighted by molar-refractivity contribution is 0.187. The van der Waals surface area contributed by atoms with Gasteiger partial charge in [0.1, 0.15) is 17.0 Å². The SMILES string of the molecule is N[C@H]1CC[C@H](Nc2ncc3nc(Nc4c(F)cc(F)cc4F)n(C4CCOC4)c3n2)CC1. The number of aromatic nitrogens is 4. The van der Waals surface area contributed by atoms with Crippen molar-refractivity contribution in [3.05, 3.63) is 35.8 Å². The molecule has 170 valence electrons. The summed E-state index contributed by atoms with van der Waals surface area (Å²) in [7, 11) is 0. The van der Waals surface area contributed by atoms with Crippen molar-refractivity contribution in [2.75, 3.05) is 23.8 Å². The fraction of sp³-hybridized carbons (Fsp3) is 0.476. The highest BCUT2D eigenvalue weighted by molar-refractivity contribution is 5.76. The van der Waals surface area contributed by atoms with E-state index in [-0.39, 0.29) is 24.1 Å². The van der Waals surface area contributed by atoms with Crippen LogP contribution in [-0.4, -0.2) is 44.8 Å². The van der Waals surface area contributed by atoms with Crippen LogP contribution in [0.2, 0.25) is 0 Å². The van der Waals surface area contributed by atoms with Gasteiger partial charge in [-0.25, -0.2) is 23.1 Å². The molecule has 0 amide bonds. The first-order valence-electron chi connectivity index (χ1n) is 10.7. The van der Waals surface area contributed by atoms with Crippen LogP contribution in [0.1, 0.15) is 38.1 Å². The van der Waals surface area contributed by atoms with E-state index in [1.165, 1.54) is 0 Å². The molecule has 3 heterocycles. The van der Waals surface area contributed by atoms with E-state index >= 15 is 0 Å². The molecule has 5 rings (SSSR count). The number of nitrogens with zero attached hydrogens (tertiary/aromatic N) is 4. The number of hydrogen-bond acceptors (Lipinski definition) is 7. The molecule has 1 saturated carbocycles. The molecule has 3 aromatic rings. The van der Waals surface area contributed by atoms with E-state index < -0.39 is 23.1 Å². The second kappa shape index (κ2) is 8.55. The summed E-state index contributed by atoms with van der Waals surface area (Å²) in [6.07, 6.45) is 6.04. The number of halogens is 3. The van der Waals surface area contributed by atoms with Gasteiger partial charge in [-0.05, 0) is 32.1 Å². The van der Waals surface area contributed by atoms with Crippen LogP contribution >= 0.6 is 0 Å². The highest BCUT2D eigenvalue weighted by atomic mass is 19.1. The zero-order valence-electron chi connectivity index (χ0n) is 17.3. The first-order valence-corrected chi connectivity index (χ1v) is 10.7. The highest BCUT2D eigenvalue weighted by Gasteiger charge is 2.27. The molecule has 1 aromatic carbocycles. The summed E-state index contributed by atoms with van der Waals surface area (Å²) in [6.45, 7) is 0.976. The molecule has 1 atom stereocenters. The van der Waals surface area contributed by atoms with Gasteiger partial charge in [-0.3, -0.25) is 4.57 Å². The fourth-order valence-corrected chi connectivity index (χ4v) is 4.34. The van der Waals surface area contributed by atoms with Crippen LogP contribution in [0.3, 0.4) is 0 Å². The van der Waals surface area contributed by atoms with Crippen molar-refractivity contribution >= 4 is 28.7 Å². The molecule has 1 unspecified atom stereocenters. The first kappa shape index (κ1) is 21.0. The topological polar surface area (TPSA) is 103 Å². The summed E-state index contributed by atoms with van der Waals surface area (Å²) in [4.78, 5) is 13.5. The maximum Gasteiger partial charge on any atom is 0.224 e. The van der Waals surface area contributed by atoms with E-state index in [4.69, 9.17) is 10.5 Å². The lowest BCUT2D eigenvalue weighted by atomic mass is 9.92. The molecule has 0 radical (unpaired) electrons. The van der Waals surface area contributed by atoms with Gasteiger partial charge in [-0.1, -0.05) is 0 Å². The molecule has 8 nitrogen and oxygen atoms in total. The number of ether oxygens (including phenoxy) is 1. The number of fused-ring (bicyclic) bond motifs is 1. The van der Waals surface area contributed by atoms with Gasteiger partial charge < -0.3 is 21.1 Å². The molecule has 0 spiro atoms. The molecule has 2 fully saturated rings. The molecule has 32 heavy (non-hydrogen) atoms. The van der Waals surface area contributed by atoms with E-state index in [0.29, 0.717) is 48.9 Å². The standard InChI is InChI=1S/C21H24F3N7O/c22-11-7-15(23)18(16(24)8-11)29-21-28-17-9-26-20(27-13-3-1-12(25)2-4-13)30-19(17)31(21)14-5-6-32-10-14/h7-9,12-14H,1-6,10,25H2,(H,28,29)(H,26,27,30)/t12-,13-,14?. The van der Waals surface area contributed by atoms with Crippen LogP contribution in [-0.2, 0) is 4.74 Å². The summed E-state index contributed by atoms with van der Waals surface area (Å²) in [5.41, 5.74) is 6.50. The van der Waals surface area contributed by atoms with Crippen molar-refractivity contribution in [1.82, 2.24) is 19.5 Å². The molecule has 0 bridgehead atoms.